The summed E-state index contributed by atoms with van der Waals surface area (Å²) in [4.78, 5) is 0. The maximum Gasteiger partial charge on any atom is 0.0480 e. The molecule has 0 N–H and O–H groups in total. The zero-order valence-electron chi connectivity index (χ0n) is 9.94. The van der Waals surface area contributed by atoms with Gasteiger partial charge in [-0.3, -0.25) is 0 Å². The Kier molecular flexibility index (Phi) is 4.05. The number of aromatic nitrogens is 1. The van der Waals surface area contributed by atoms with E-state index in [-0.39, 0.29) is 0 Å². The Balaban J connectivity index is 2.43. The highest BCUT2D eigenvalue weighted by Gasteiger charge is 2.06. The first-order valence-electron chi connectivity index (χ1n) is 5.76. The van der Waals surface area contributed by atoms with Gasteiger partial charge in [-0.1, -0.05) is 36.4 Å². The minimum absolute atomic E-state index is 0.654. The Labute approximate surface area is 107 Å². The largest absolute Gasteiger partial charge is 0.351 e. The maximum atomic E-state index is 5.78. The molecule has 0 aliphatic carbocycles. The number of nitrogens with zero attached hydrogens (tertiary/aromatic N) is 1. The molecule has 0 spiro atoms. The van der Waals surface area contributed by atoms with Crippen molar-refractivity contribution < 1.29 is 0 Å². The molecule has 0 bridgehead atoms. The van der Waals surface area contributed by atoms with E-state index in [1.807, 2.05) is 6.07 Å². The van der Waals surface area contributed by atoms with Crippen LogP contribution in [0.15, 0.2) is 54.7 Å². The second-order valence-corrected chi connectivity index (χ2v) is 4.34. The third kappa shape index (κ3) is 2.80. The smallest absolute Gasteiger partial charge is 0.0480 e. The van der Waals surface area contributed by atoms with Crippen LogP contribution in [0.3, 0.4) is 0 Å². The zero-order valence-corrected chi connectivity index (χ0v) is 10.7. The van der Waals surface area contributed by atoms with Crippen molar-refractivity contribution in [3.63, 3.8) is 0 Å². The van der Waals surface area contributed by atoms with Gasteiger partial charge in [-0.05, 0) is 24.1 Å². The number of hydrogen-bond acceptors (Lipinski definition) is 0. The van der Waals surface area contributed by atoms with Crippen molar-refractivity contribution >= 4 is 17.2 Å². The van der Waals surface area contributed by atoms with Gasteiger partial charge in [-0.15, -0.1) is 11.6 Å². The Morgan fingerprint density at radius 3 is 2.53 bits per heavy atom. The number of alkyl halides is 1. The van der Waals surface area contributed by atoms with Gasteiger partial charge in [0.25, 0.3) is 0 Å². The molecule has 0 aliphatic heterocycles. The average molecular weight is 246 g/mol. The molecule has 88 valence electrons. The molecule has 2 aromatic rings. The molecule has 2 heteroatoms. The number of aryl methyl sites for hydroxylation is 1. The van der Waals surface area contributed by atoms with Crippen LogP contribution in [0.25, 0.3) is 5.57 Å². The van der Waals surface area contributed by atoms with Crippen LogP contribution < -0.4 is 0 Å². The van der Waals surface area contributed by atoms with Gasteiger partial charge in [0.05, 0.1) is 0 Å². The molecule has 2 rings (SSSR count). The van der Waals surface area contributed by atoms with E-state index >= 15 is 0 Å². The van der Waals surface area contributed by atoms with Crippen LogP contribution in [-0.2, 0) is 7.05 Å². The standard InChI is InChI=1S/C15H16ClN/c1-17-12-6-10-15(17)14(9-5-11-16)13-7-3-2-4-8-13/h2-4,6-10,12H,5,11H2,1H3. The third-order valence-electron chi connectivity index (χ3n) is 2.76. The summed E-state index contributed by atoms with van der Waals surface area (Å²) in [6.45, 7) is 0. The average Bonchev–Trinajstić information content (AvgIpc) is 2.78. The van der Waals surface area contributed by atoms with Crippen molar-refractivity contribution in [3.8, 4) is 0 Å². The molecule has 1 heterocycles. The summed E-state index contributed by atoms with van der Waals surface area (Å²) in [6, 6.07) is 14.6. The van der Waals surface area contributed by atoms with Crippen LogP contribution in [0, 0.1) is 0 Å². The highest BCUT2D eigenvalue weighted by atomic mass is 35.5. The van der Waals surface area contributed by atoms with Crippen molar-refractivity contribution in [1.82, 2.24) is 4.57 Å². The summed E-state index contributed by atoms with van der Waals surface area (Å²) in [6.07, 6.45) is 5.15. The summed E-state index contributed by atoms with van der Waals surface area (Å²) < 4.78 is 2.13. The second-order valence-electron chi connectivity index (χ2n) is 3.97. The van der Waals surface area contributed by atoms with Crippen LogP contribution in [0.2, 0.25) is 0 Å². The second kappa shape index (κ2) is 5.74. The molecular formula is C15H16ClN. The van der Waals surface area contributed by atoms with E-state index in [2.05, 4.69) is 60.3 Å². The SMILES string of the molecule is Cn1cccc1C(=CCCCl)c1ccccc1. The molecule has 1 nitrogen and oxygen atoms in total. The molecule has 0 saturated heterocycles. The molecule has 1 aromatic heterocycles. The first-order chi connectivity index (χ1) is 8.33. The van der Waals surface area contributed by atoms with E-state index in [0.29, 0.717) is 5.88 Å². The van der Waals surface area contributed by atoms with Crippen LogP contribution in [0.5, 0.6) is 0 Å². The summed E-state index contributed by atoms with van der Waals surface area (Å²) in [5.41, 5.74) is 3.71. The van der Waals surface area contributed by atoms with Crippen LogP contribution in [0.1, 0.15) is 17.7 Å². The lowest BCUT2D eigenvalue weighted by molar-refractivity contribution is 0.908. The zero-order chi connectivity index (χ0) is 12.1. The first-order valence-corrected chi connectivity index (χ1v) is 6.29. The topological polar surface area (TPSA) is 4.93 Å². The van der Waals surface area contributed by atoms with E-state index in [0.717, 1.165) is 6.42 Å². The summed E-state index contributed by atoms with van der Waals surface area (Å²) in [7, 11) is 2.06. The fraction of sp³-hybridized carbons (Fsp3) is 0.200. The van der Waals surface area contributed by atoms with Gasteiger partial charge in [0, 0.05) is 30.4 Å². The monoisotopic (exact) mass is 245 g/mol. The Bertz CT molecular complexity index is 497. The van der Waals surface area contributed by atoms with Crippen molar-refractivity contribution in [2.45, 2.75) is 6.42 Å². The minimum Gasteiger partial charge on any atom is -0.351 e. The molecule has 0 unspecified atom stereocenters. The number of rotatable bonds is 4. The Morgan fingerprint density at radius 1 is 1.18 bits per heavy atom. The number of allylic oxidation sites excluding steroid dienone is 1. The van der Waals surface area contributed by atoms with E-state index in [4.69, 9.17) is 11.6 Å². The Morgan fingerprint density at radius 2 is 1.94 bits per heavy atom. The van der Waals surface area contributed by atoms with Crippen molar-refractivity contribution in [1.29, 1.82) is 0 Å². The number of benzene rings is 1. The maximum absolute atomic E-state index is 5.78. The van der Waals surface area contributed by atoms with Gasteiger partial charge in [-0.25, -0.2) is 0 Å². The highest BCUT2D eigenvalue weighted by Crippen LogP contribution is 2.23. The van der Waals surface area contributed by atoms with E-state index < -0.39 is 0 Å². The Hall–Kier alpha value is -1.47. The van der Waals surface area contributed by atoms with Crippen LogP contribution >= 0.6 is 11.6 Å². The lowest BCUT2D eigenvalue weighted by atomic mass is 10.0. The molecule has 0 saturated carbocycles. The predicted octanol–water partition coefficient (Wildman–Crippen LogP) is 4.09. The molecule has 0 radical (unpaired) electrons. The van der Waals surface area contributed by atoms with Gasteiger partial charge in [0.1, 0.15) is 0 Å². The summed E-state index contributed by atoms with van der Waals surface area (Å²) >= 11 is 5.78. The van der Waals surface area contributed by atoms with Gasteiger partial charge >= 0.3 is 0 Å². The van der Waals surface area contributed by atoms with Crippen molar-refractivity contribution in [2.75, 3.05) is 5.88 Å². The minimum atomic E-state index is 0.654. The lowest BCUT2D eigenvalue weighted by Gasteiger charge is -2.09. The van der Waals surface area contributed by atoms with E-state index in [9.17, 15) is 0 Å². The molecule has 0 aliphatic rings. The van der Waals surface area contributed by atoms with Crippen molar-refractivity contribution in [3.05, 3.63) is 66.0 Å². The lowest BCUT2D eigenvalue weighted by Crippen LogP contribution is -1.96. The number of halogens is 1. The molecule has 0 amide bonds. The van der Waals surface area contributed by atoms with Gasteiger partial charge in [0.2, 0.25) is 0 Å². The normalized spacial score (nSPS) is 11.8. The molecule has 1 aromatic carbocycles. The predicted molar refractivity (Wildman–Crippen MR) is 74.3 cm³/mol. The van der Waals surface area contributed by atoms with Gasteiger partial charge in [0.15, 0.2) is 0 Å². The molecule has 0 atom stereocenters. The van der Waals surface area contributed by atoms with Gasteiger partial charge < -0.3 is 4.57 Å². The van der Waals surface area contributed by atoms with Crippen LogP contribution in [0.4, 0.5) is 0 Å². The first kappa shape index (κ1) is 12.0. The van der Waals surface area contributed by atoms with Crippen molar-refractivity contribution in [2.24, 2.45) is 7.05 Å². The fourth-order valence-electron chi connectivity index (χ4n) is 1.93. The third-order valence-corrected chi connectivity index (χ3v) is 2.98. The summed E-state index contributed by atoms with van der Waals surface area (Å²) in [5.74, 6) is 0.654. The molecule has 0 fully saturated rings. The van der Waals surface area contributed by atoms with Gasteiger partial charge in [-0.2, -0.15) is 0 Å². The molecule has 17 heavy (non-hydrogen) atoms. The number of hydrogen-bond donors (Lipinski definition) is 0. The molecular weight excluding hydrogens is 230 g/mol. The quantitative estimate of drug-likeness (QED) is 0.716. The summed E-state index contributed by atoms with van der Waals surface area (Å²) in [5, 5.41) is 0. The van der Waals surface area contributed by atoms with Crippen LogP contribution in [-0.4, -0.2) is 10.4 Å². The fourth-order valence-corrected chi connectivity index (χ4v) is 2.04. The van der Waals surface area contributed by atoms with E-state index in [1.165, 1.54) is 16.8 Å². The highest BCUT2D eigenvalue weighted by molar-refractivity contribution is 6.18. The van der Waals surface area contributed by atoms with E-state index in [1.54, 1.807) is 0 Å².